The lowest BCUT2D eigenvalue weighted by molar-refractivity contribution is -0.116. The van der Waals surface area contributed by atoms with E-state index < -0.39 is 0 Å². The molecule has 7 nitrogen and oxygen atoms in total. The molecular weight excluding hydrogens is 424 g/mol. The molecule has 0 atom stereocenters. The number of amides is 1. The molecule has 8 heteroatoms. The summed E-state index contributed by atoms with van der Waals surface area (Å²) in [5.41, 5.74) is 2.51. The number of carbonyl (C=O) groups excluding carboxylic acids is 2. The largest absolute Gasteiger partial charge is 0.465 e. The minimum absolute atomic E-state index is 0.169. The predicted molar refractivity (Wildman–Crippen MR) is 108 cm³/mol. The summed E-state index contributed by atoms with van der Waals surface area (Å²) in [5.74, 6) is -0.271. The van der Waals surface area contributed by atoms with E-state index in [0.717, 1.165) is 15.6 Å². The Balaban J connectivity index is 1.50. The Bertz CT molecular complexity index is 970. The third-order valence-corrected chi connectivity index (χ3v) is 4.53. The summed E-state index contributed by atoms with van der Waals surface area (Å²) >= 11 is 3.44. The molecule has 0 bridgehead atoms. The summed E-state index contributed by atoms with van der Waals surface area (Å²) in [6.07, 6.45) is 2.42. The van der Waals surface area contributed by atoms with Gasteiger partial charge in [0.05, 0.1) is 19.2 Å². The van der Waals surface area contributed by atoms with Gasteiger partial charge in [-0.05, 0) is 41.8 Å². The number of hydrogen-bond donors (Lipinski definition) is 1. The second-order valence-electron chi connectivity index (χ2n) is 6.13. The first-order valence-electron chi connectivity index (χ1n) is 8.64. The Hall–Kier alpha value is -3.00. The molecule has 2 aromatic carbocycles. The number of anilines is 1. The Morgan fingerprint density at radius 3 is 2.64 bits per heavy atom. The molecule has 0 aliphatic carbocycles. The third-order valence-electron chi connectivity index (χ3n) is 4.04. The molecule has 3 aromatic rings. The van der Waals surface area contributed by atoms with Gasteiger partial charge in [-0.1, -0.05) is 40.2 Å². The summed E-state index contributed by atoms with van der Waals surface area (Å²) in [5, 5.41) is 6.98. The van der Waals surface area contributed by atoms with Gasteiger partial charge in [0.15, 0.2) is 0 Å². The van der Waals surface area contributed by atoms with Crippen LogP contribution >= 0.6 is 15.9 Å². The van der Waals surface area contributed by atoms with Crippen LogP contribution in [-0.4, -0.2) is 33.8 Å². The van der Waals surface area contributed by atoms with Crippen LogP contribution in [0.25, 0.3) is 0 Å². The number of ether oxygens (including phenoxy) is 1. The lowest BCUT2D eigenvalue weighted by Crippen LogP contribution is -2.14. The van der Waals surface area contributed by atoms with Gasteiger partial charge in [-0.2, -0.15) is 0 Å². The van der Waals surface area contributed by atoms with Crippen LogP contribution in [0.15, 0.2) is 59.3 Å². The zero-order chi connectivity index (χ0) is 19.9. The van der Waals surface area contributed by atoms with E-state index >= 15 is 0 Å². The Labute approximate surface area is 170 Å². The standard InChI is InChI=1S/C20H19BrN4O3/c1-28-19(27)16-8-5-14(6-9-16)7-10-18(26)23-20-22-13-25(24-20)12-15-3-2-4-17(21)11-15/h2-6,8-9,11,13H,7,10,12H2,1H3,(H,23,24,26). The maximum absolute atomic E-state index is 12.1. The molecule has 1 heterocycles. The molecule has 28 heavy (non-hydrogen) atoms. The van der Waals surface area contributed by atoms with E-state index in [1.165, 1.54) is 7.11 Å². The van der Waals surface area contributed by atoms with E-state index in [-0.39, 0.29) is 24.2 Å². The number of aryl methyl sites for hydroxylation is 1. The quantitative estimate of drug-likeness (QED) is 0.566. The number of esters is 1. The topological polar surface area (TPSA) is 86.1 Å². The molecule has 3 rings (SSSR count). The van der Waals surface area contributed by atoms with Gasteiger partial charge in [-0.3, -0.25) is 10.1 Å². The number of rotatable bonds is 7. The van der Waals surface area contributed by atoms with Gasteiger partial charge in [0.25, 0.3) is 0 Å². The molecular formula is C20H19BrN4O3. The summed E-state index contributed by atoms with van der Waals surface area (Å²) in [6.45, 7) is 0.564. The highest BCUT2D eigenvalue weighted by atomic mass is 79.9. The molecule has 1 N–H and O–H groups in total. The van der Waals surface area contributed by atoms with E-state index in [1.54, 1.807) is 23.1 Å². The third kappa shape index (κ3) is 5.50. The van der Waals surface area contributed by atoms with E-state index in [2.05, 4.69) is 36.1 Å². The van der Waals surface area contributed by atoms with Crippen LogP contribution in [0.5, 0.6) is 0 Å². The molecule has 144 valence electrons. The van der Waals surface area contributed by atoms with Crippen LogP contribution in [0.1, 0.15) is 27.9 Å². The maximum atomic E-state index is 12.1. The highest BCUT2D eigenvalue weighted by Crippen LogP contribution is 2.13. The molecule has 1 aromatic heterocycles. The first-order valence-corrected chi connectivity index (χ1v) is 9.44. The van der Waals surface area contributed by atoms with Crippen LogP contribution in [-0.2, 0) is 22.5 Å². The van der Waals surface area contributed by atoms with Crippen molar-refractivity contribution in [3.8, 4) is 0 Å². The zero-order valence-electron chi connectivity index (χ0n) is 15.3. The fraction of sp³-hybridized carbons (Fsp3) is 0.200. The summed E-state index contributed by atoms with van der Waals surface area (Å²) < 4.78 is 7.33. The van der Waals surface area contributed by atoms with Gasteiger partial charge in [-0.25, -0.2) is 14.5 Å². The van der Waals surface area contributed by atoms with E-state index in [4.69, 9.17) is 0 Å². The van der Waals surface area contributed by atoms with Gasteiger partial charge < -0.3 is 4.74 Å². The lowest BCUT2D eigenvalue weighted by Gasteiger charge is -2.04. The Kier molecular flexibility index (Phi) is 6.54. The van der Waals surface area contributed by atoms with E-state index in [9.17, 15) is 9.59 Å². The summed E-state index contributed by atoms with van der Waals surface area (Å²) in [7, 11) is 1.34. The average molecular weight is 443 g/mol. The van der Waals surface area contributed by atoms with Gasteiger partial charge in [-0.15, -0.1) is 5.10 Å². The van der Waals surface area contributed by atoms with Crippen molar-refractivity contribution in [3.63, 3.8) is 0 Å². The molecule has 0 spiro atoms. The lowest BCUT2D eigenvalue weighted by atomic mass is 10.1. The molecule has 0 aliphatic rings. The second-order valence-corrected chi connectivity index (χ2v) is 7.05. The average Bonchev–Trinajstić information content (AvgIpc) is 3.12. The minimum Gasteiger partial charge on any atom is -0.465 e. The second kappa shape index (κ2) is 9.27. The normalized spacial score (nSPS) is 10.5. The number of nitrogens with one attached hydrogen (secondary N) is 1. The van der Waals surface area contributed by atoms with Crippen molar-refractivity contribution in [1.29, 1.82) is 0 Å². The van der Waals surface area contributed by atoms with Crippen LogP contribution in [0.2, 0.25) is 0 Å². The van der Waals surface area contributed by atoms with Crippen LogP contribution in [0, 0.1) is 0 Å². The molecule has 0 unspecified atom stereocenters. The number of carbonyl (C=O) groups is 2. The molecule has 0 fully saturated rings. The highest BCUT2D eigenvalue weighted by molar-refractivity contribution is 9.10. The number of benzene rings is 2. The zero-order valence-corrected chi connectivity index (χ0v) is 16.8. The number of nitrogens with zero attached hydrogens (tertiary/aromatic N) is 3. The van der Waals surface area contributed by atoms with Crippen LogP contribution in [0.4, 0.5) is 5.95 Å². The van der Waals surface area contributed by atoms with Crippen molar-refractivity contribution in [3.05, 3.63) is 76.0 Å². The van der Waals surface area contributed by atoms with Crippen molar-refractivity contribution in [2.75, 3.05) is 12.4 Å². The maximum Gasteiger partial charge on any atom is 0.337 e. The fourth-order valence-electron chi connectivity index (χ4n) is 2.62. The van der Waals surface area contributed by atoms with Crippen molar-refractivity contribution in [2.45, 2.75) is 19.4 Å². The predicted octanol–water partition coefficient (Wildman–Crippen LogP) is 3.45. The number of methoxy groups -OCH3 is 1. The highest BCUT2D eigenvalue weighted by Gasteiger charge is 2.09. The van der Waals surface area contributed by atoms with Crippen LogP contribution in [0.3, 0.4) is 0 Å². The van der Waals surface area contributed by atoms with E-state index in [0.29, 0.717) is 18.5 Å². The van der Waals surface area contributed by atoms with Gasteiger partial charge in [0, 0.05) is 10.9 Å². The van der Waals surface area contributed by atoms with Crippen molar-refractivity contribution >= 4 is 33.8 Å². The molecule has 0 aliphatic heterocycles. The first kappa shape index (κ1) is 19.8. The fourth-order valence-corrected chi connectivity index (χ4v) is 3.07. The van der Waals surface area contributed by atoms with Crippen molar-refractivity contribution in [2.24, 2.45) is 0 Å². The van der Waals surface area contributed by atoms with Crippen molar-refractivity contribution < 1.29 is 14.3 Å². The van der Waals surface area contributed by atoms with E-state index in [1.807, 2.05) is 36.4 Å². The molecule has 0 saturated carbocycles. The monoisotopic (exact) mass is 442 g/mol. The Morgan fingerprint density at radius 2 is 1.93 bits per heavy atom. The molecule has 0 radical (unpaired) electrons. The van der Waals surface area contributed by atoms with Gasteiger partial charge >= 0.3 is 5.97 Å². The number of halogens is 1. The van der Waals surface area contributed by atoms with Crippen molar-refractivity contribution in [1.82, 2.24) is 14.8 Å². The smallest absolute Gasteiger partial charge is 0.337 e. The molecule has 0 saturated heterocycles. The number of aromatic nitrogens is 3. The first-order chi connectivity index (χ1) is 13.5. The van der Waals surface area contributed by atoms with Gasteiger partial charge in [0.2, 0.25) is 11.9 Å². The van der Waals surface area contributed by atoms with Crippen LogP contribution < -0.4 is 5.32 Å². The summed E-state index contributed by atoms with van der Waals surface area (Å²) in [6, 6.07) is 14.9. The number of hydrogen-bond acceptors (Lipinski definition) is 5. The molecule has 1 amide bonds. The SMILES string of the molecule is COC(=O)c1ccc(CCC(=O)Nc2ncn(Cc3cccc(Br)c3)n2)cc1. The summed E-state index contributed by atoms with van der Waals surface area (Å²) in [4.78, 5) is 27.7. The van der Waals surface area contributed by atoms with Gasteiger partial charge in [0.1, 0.15) is 6.33 Å². The Morgan fingerprint density at radius 1 is 1.14 bits per heavy atom. The minimum atomic E-state index is -0.381.